The van der Waals surface area contributed by atoms with E-state index in [1.807, 2.05) is 6.92 Å². The molecule has 1 amide bonds. The highest BCUT2D eigenvalue weighted by atomic mass is 32.2. The lowest BCUT2D eigenvalue weighted by molar-refractivity contribution is 0.0945. The fraction of sp³-hybridized carbons (Fsp3) is 0.235. The number of benzene rings is 2. The number of nitrogens with one attached hydrogen (secondary N) is 1. The Kier molecular flexibility index (Phi) is 5.58. The molecule has 0 aliphatic carbocycles. The number of hydrogen-bond donors (Lipinski definition) is 2. The van der Waals surface area contributed by atoms with Crippen molar-refractivity contribution >= 4 is 21.6 Å². The number of nitrogens with zero attached hydrogens (tertiary/aromatic N) is 1. The number of sulfonamides is 1. The largest absolute Gasteiger partial charge is 0.395 e. The van der Waals surface area contributed by atoms with Crippen LogP contribution in [0.15, 0.2) is 53.4 Å². The van der Waals surface area contributed by atoms with Gasteiger partial charge in [-0.1, -0.05) is 17.7 Å². The number of anilines is 1. The van der Waals surface area contributed by atoms with E-state index < -0.39 is 10.0 Å². The molecule has 0 fully saturated rings. The molecule has 2 aromatic rings. The number of carbonyl (C=O) groups is 1. The fourth-order valence-corrected chi connectivity index (χ4v) is 3.30. The Morgan fingerprint density at radius 3 is 2.21 bits per heavy atom. The number of aliphatic hydroxyl groups excluding tert-OH is 1. The van der Waals surface area contributed by atoms with Crippen LogP contribution in [0.25, 0.3) is 0 Å². The van der Waals surface area contributed by atoms with Gasteiger partial charge in [0.2, 0.25) is 0 Å². The van der Waals surface area contributed by atoms with Gasteiger partial charge in [-0.15, -0.1) is 0 Å². The van der Waals surface area contributed by atoms with Crippen molar-refractivity contribution in [2.24, 2.45) is 0 Å². The molecule has 0 bridgehead atoms. The summed E-state index contributed by atoms with van der Waals surface area (Å²) in [7, 11) is -2.19. The zero-order valence-corrected chi connectivity index (χ0v) is 14.4. The van der Waals surface area contributed by atoms with Crippen molar-refractivity contribution in [2.45, 2.75) is 11.8 Å². The Morgan fingerprint density at radius 2 is 1.67 bits per heavy atom. The van der Waals surface area contributed by atoms with Crippen LogP contribution in [0.3, 0.4) is 0 Å². The van der Waals surface area contributed by atoms with Crippen molar-refractivity contribution in [3.05, 3.63) is 59.7 Å². The summed E-state index contributed by atoms with van der Waals surface area (Å²) in [5.41, 5.74) is 1.83. The first-order valence-electron chi connectivity index (χ1n) is 7.41. The van der Waals surface area contributed by atoms with E-state index in [0.29, 0.717) is 11.3 Å². The molecular formula is C17H20N2O4S. The molecule has 6 nitrogen and oxygen atoms in total. The van der Waals surface area contributed by atoms with Gasteiger partial charge in [0.05, 0.1) is 17.2 Å². The number of rotatable bonds is 6. The lowest BCUT2D eigenvalue weighted by Crippen LogP contribution is -2.27. The van der Waals surface area contributed by atoms with Crippen molar-refractivity contribution in [3.8, 4) is 0 Å². The minimum atomic E-state index is -3.66. The van der Waals surface area contributed by atoms with Gasteiger partial charge in [-0.2, -0.15) is 0 Å². The van der Waals surface area contributed by atoms with Gasteiger partial charge in [-0.05, 0) is 43.3 Å². The Hall–Kier alpha value is -2.38. The van der Waals surface area contributed by atoms with Crippen molar-refractivity contribution in [2.75, 3.05) is 24.5 Å². The summed E-state index contributed by atoms with van der Waals surface area (Å²) in [5, 5.41) is 11.2. The van der Waals surface area contributed by atoms with E-state index in [1.165, 1.54) is 11.4 Å². The van der Waals surface area contributed by atoms with Crippen molar-refractivity contribution in [1.82, 2.24) is 5.32 Å². The molecular weight excluding hydrogens is 328 g/mol. The van der Waals surface area contributed by atoms with E-state index in [9.17, 15) is 13.2 Å². The van der Waals surface area contributed by atoms with Gasteiger partial charge in [0.1, 0.15) is 0 Å². The standard InChI is InChI=1S/C17H20N2O4S/c1-13-3-9-16(10-4-13)24(22,23)19(2)15-7-5-14(6-8-15)17(21)18-11-12-20/h3-10,20H,11-12H2,1-2H3,(H,18,21). The Bertz CT molecular complexity index is 799. The first kappa shape index (κ1) is 18.0. The van der Waals surface area contributed by atoms with Crippen molar-refractivity contribution < 1.29 is 18.3 Å². The summed E-state index contributed by atoms with van der Waals surface area (Å²) in [6, 6.07) is 12.9. The molecule has 24 heavy (non-hydrogen) atoms. The number of carbonyl (C=O) groups excluding carboxylic acids is 1. The van der Waals surface area contributed by atoms with E-state index in [4.69, 9.17) is 5.11 Å². The van der Waals surface area contributed by atoms with Crippen LogP contribution < -0.4 is 9.62 Å². The molecule has 0 aliphatic rings. The van der Waals surface area contributed by atoms with Crippen LogP contribution in [0.5, 0.6) is 0 Å². The zero-order valence-electron chi connectivity index (χ0n) is 13.6. The number of aryl methyl sites for hydroxylation is 1. The van der Waals surface area contributed by atoms with E-state index >= 15 is 0 Å². The van der Waals surface area contributed by atoms with Crippen LogP contribution in [0.4, 0.5) is 5.69 Å². The maximum atomic E-state index is 12.6. The molecule has 0 aromatic heterocycles. The summed E-state index contributed by atoms with van der Waals surface area (Å²) in [4.78, 5) is 12.0. The molecule has 2 N–H and O–H groups in total. The molecule has 0 saturated heterocycles. The minimum absolute atomic E-state index is 0.138. The highest BCUT2D eigenvalue weighted by Crippen LogP contribution is 2.22. The molecule has 0 unspecified atom stereocenters. The van der Waals surface area contributed by atoms with Gasteiger partial charge in [-0.25, -0.2) is 8.42 Å². The second-order valence-electron chi connectivity index (χ2n) is 5.31. The molecule has 0 saturated carbocycles. The van der Waals surface area contributed by atoms with Gasteiger partial charge < -0.3 is 10.4 Å². The van der Waals surface area contributed by atoms with Gasteiger partial charge in [0.25, 0.3) is 15.9 Å². The van der Waals surface area contributed by atoms with Crippen molar-refractivity contribution in [3.63, 3.8) is 0 Å². The van der Waals surface area contributed by atoms with Crippen LogP contribution in [-0.2, 0) is 10.0 Å². The SMILES string of the molecule is Cc1ccc(S(=O)(=O)N(C)c2ccc(C(=O)NCCO)cc2)cc1. The minimum Gasteiger partial charge on any atom is -0.395 e. The molecule has 0 atom stereocenters. The molecule has 2 rings (SSSR count). The highest BCUT2D eigenvalue weighted by molar-refractivity contribution is 7.92. The first-order chi connectivity index (χ1) is 11.4. The Morgan fingerprint density at radius 1 is 1.08 bits per heavy atom. The quantitative estimate of drug-likeness (QED) is 0.829. The second kappa shape index (κ2) is 7.46. The monoisotopic (exact) mass is 348 g/mol. The van der Waals surface area contributed by atoms with E-state index in [0.717, 1.165) is 5.56 Å². The van der Waals surface area contributed by atoms with Crippen LogP contribution in [-0.4, -0.2) is 39.6 Å². The fourth-order valence-electron chi connectivity index (χ4n) is 2.10. The molecule has 0 heterocycles. The Balaban J connectivity index is 2.21. The summed E-state index contributed by atoms with van der Waals surface area (Å²) < 4.78 is 26.4. The van der Waals surface area contributed by atoms with Gasteiger partial charge in [0, 0.05) is 19.2 Å². The maximum Gasteiger partial charge on any atom is 0.264 e. The summed E-state index contributed by atoms with van der Waals surface area (Å²) in [6.07, 6.45) is 0. The lowest BCUT2D eigenvalue weighted by Gasteiger charge is -2.20. The third-order valence-corrected chi connectivity index (χ3v) is 5.37. The van der Waals surface area contributed by atoms with Crippen LogP contribution >= 0.6 is 0 Å². The second-order valence-corrected chi connectivity index (χ2v) is 7.28. The van der Waals surface area contributed by atoms with Gasteiger partial charge in [-0.3, -0.25) is 9.10 Å². The molecule has 7 heteroatoms. The van der Waals surface area contributed by atoms with Crippen LogP contribution in [0, 0.1) is 6.92 Å². The predicted octanol–water partition coefficient (Wildman–Crippen LogP) is 1.54. The molecule has 0 aliphatic heterocycles. The molecule has 2 aromatic carbocycles. The summed E-state index contributed by atoms with van der Waals surface area (Å²) >= 11 is 0. The van der Waals surface area contributed by atoms with Gasteiger partial charge >= 0.3 is 0 Å². The molecule has 0 spiro atoms. The normalized spacial score (nSPS) is 11.1. The van der Waals surface area contributed by atoms with E-state index in [-0.39, 0.29) is 24.0 Å². The van der Waals surface area contributed by atoms with Crippen LogP contribution in [0.1, 0.15) is 15.9 Å². The van der Waals surface area contributed by atoms with E-state index in [2.05, 4.69) is 5.32 Å². The average molecular weight is 348 g/mol. The lowest BCUT2D eigenvalue weighted by atomic mass is 10.2. The van der Waals surface area contributed by atoms with E-state index in [1.54, 1.807) is 48.5 Å². The third kappa shape index (κ3) is 3.93. The summed E-state index contributed by atoms with van der Waals surface area (Å²) in [6.45, 7) is 1.92. The van der Waals surface area contributed by atoms with Gasteiger partial charge in [0.15, 0.2) is 0 Å². The zero-order chi connectivity index (χ0) is 17.7. The average Bonchev–Trinajstić information content (AvgIpc) is 2.59. The topological polar surface area (TPSA) is 86.7 Å². The summed E-state index contributed by atoms with van der Waals surface area (Å²) in [5.74, 6) is -0.320. The van der Waals surface area contributed by atoms with Crippen molar-refractivity contribution in [1.29, 1.82) is 0 Å². The Labute approximate surface area is 141 Å². The first-order valence-corrected chi connectivity index (χ1v) is 8.85. The van der Waals surface area contributed by atoms with Crippen LogP contribution in [0.2, 0.25) is 0 Å². The third-order valence-electron chi connectivity index (χ3n) is 3.57. The molecule has 128 valence electrons. The smallest absolute Gasteiger partial charge is 0.264 e. The number of hydrogen-bond acceptors (Lipinski definition) is 4. The number of aliphatic hydroxyl groups is 1. The number of amides is 1. The predicted molar refractivity (Wildman–Crippen MR) is 92.6 cm³/mol. The maximum absolute atomic E-state index is 12.6. The molecule has 0 radical (unpaired) electrons. The highest BCUT2D eigenvalue weighted by Gasteiger charge is 2.21.